The minimum absolute atomic E-state index is 0.00128. The minimum Gasteiger partial charge on any atom is -0.497 e. The molecule has 0 radical (unpaired) electrons. The van der Waals surface area contributed by atoms with Gasteiger partial charge in [-0.15, -0.1) is 0 Å². The molecule has 25 heavy (non-hydrogen) atoms. The van der Waals surface area contributed by atoms with Crippen molar-refractivity contribution in [2.75, 3.05) is 25.5 Å². The molecule has 1 fully saturated rings. The van der Waals surface area contributed by atoms with Gasteiger partial charge in [0.25, 0.3) is 0 Å². The first-order valence-electron chi connectivity index (χ1n) is 8.78. The van der Waals surface area contributed by atoms with Gasteiger partial charge in [0.1, 0.15) is 5.75 Å². The van der Waals surface area contributed by atoms with Gasteiger partial charge in [-0.2, -0.15) is 0 Å². The third-order valence-electron chi connectivity index (χ3n) is 4.11. The first-order valence-corrected chi connectivity index (χ1v) is 8.78. The van der Waals surface area contributed by atoms with Crippen LogP contribution in [-0.4, -0.2) is 48.5 Å². The maximum atomic E-state index is 12.5. The Kier molecular flexibility index (Phi) is 6.42. The number of likely N-dealkylation sites (tertiary alicyclic amines) is 1. The number of nitrogens with one attached hydrogen (secondary N) is 2. The molecule has 2 amide bonds. The van der Waals surface area contributed by atoms with E-state index in [9.17, 15) is 9.59 Å². The zero-order chi connectivity index (χ0) is 18.4. The van der Waals surface area contributed by atoms with E-state index in [1.54, 1.807) is 13.2 Å². The van der Waals surface area contributed by atoms with Gasteiger partial charge in [0.05, 0.1) is 19.7 Å². The zero-order valence-corrected chi connectivity index (χ0v) is 15.6. The van der Waals surface area contributed by atoms with Crippen molar-refractivity contribution >= 4 is 17.5 Å². The molecule has 0 unspecified atom stereocenters. The molecule has 1 heterocycles. The Bertz CT molecular complexity index is 610. The second-order valence-corrected chi connectivity index (χ2v) is 7.50. The molecule has 2 rings (SSSR count). The summed E-state index contributed by atoms with van der Waals surface area (Å²) >= 11 is 0. The van der Waals surface area contributed by atoms with Crippen molar-refractivity contribution in [3.05, 3.63) is 24.3 Å². The van der Waals surface area contributed by atoms with Crippen LogP contribution in [0.2, 0.25) is 0 Å². The van der Waals surface area contributed by atoms with Gasteiger partial charge in [-0.25, -0.2) is 0 Å². The van der Waals surface area contributed by atoms with E-state index >= 15 is 0 Å². The molecule has 6 heteroatoms. The van der Waals surface area contributed by atoms with Gasteiger partial charge in [0.2, 0.25) is 11.8 Å². The number of carbonyl (C=O) groups excluding carboxylic acids is 2. The van der Waals surface area contributed by atoms with Crippen LogP contribution < -0.4 is 15.4 Å². The van der Waals surface area contributed by atoms with Crippen molar-refractivity contribution in [1.29, 1.82) is 0 Å². The van der Waals surface area contributed by atoms with Crippen LogP contribution in [0.5, 0.6) is 5.75 Å². The summed E-state index contributed by atoms with van der Waals surface area (Å²) in [5.41, 5.74) is 0.417. The number of rotatable bonds is 5. The third-order valence-corrected chi connectivity index (χ3v) is 4.11. The Labute approximate surface area is 149 Å². The van der Waals surface area contributed by atoms with Crippen molar-refractivity contribution in [1.82, 2.24) is 10.2 Å². The van der Waals surface area contributed by atoms with Gasteiger partial charge in [-0.1, -0.05) is 12.5 Å². The van der Waals surface area contributed by atoms with Gasteiger partial charge >= 0.3 is 0 Å². The number of anilines is 1. The molecule has 6 nitrogen and oxygen atoms in total. The molecule has 1 aromatic carbocycles. The van der Waals surface area contributed by atoms with E-state index < -0.39 is 0 Å². The summed E-state index contributed by atoms with van der Waals surface area (Å²) < 4.78 is 5.17. The molecule has 2 N–H and O–H groups in total. The highest BCUT2D eigenvalue weighted by molar-refractivity contribution is 5.93. The van der Waals surface area contributed by atoms with Crippen LogP contribution in [0.3, 0.4) is 0 Å². The number of nitrogens with zero attached hydrogens (tertiary/aromatic N) is 1. The van der Waals surface area contributed by atoms with Crippen LogP contribution in [0, 0.1) is 0 Å². The summed E-state index contributed by atoms with van der Waals surface area (Å²) in [6.45, 7) is 6.86. The SMILES string of the molecule is COc1cccc(NC(=O)CN2CCCC[C@H]2C(=O)NC(C)(C)C)c1. The number of benzene rings is 1. The molecule has 1 atom stereocenters. The molecule has 0 saturated carbocycles. The lowest BCUT2D eigenvalue weighted by atomic mass is 9.99. The predicted octanol–water partition coefficient (Wildman–Crippen LogP) is 2.40. The maximum Gasteiger partial charge on any atom is 0.238 e. The number of ether oxygens (including phenoxy) is 1. The summed E-state index contributed by atoms with van der Waals surface area (Å²) in [5, 5.41) is 5.91. The van der Waals surface area contributed by atoms with Gasteiger partial charge in [-0.05, 0) is 52.3 Å². The van der Waals surface area contributed by atoms with E-state index in [0.717, 1.165) is 25.8 Å². The van der Waals surface area contributed by atoms with E-state index in [1.807, 2.05) is 43.9 Å². The Morgan fingerprint density at radius 1 is 1.28 bits per heavy atom. The normalized spacial score (nSPS) is 18.5. The van der Waals surface area contributed by atoms with Crippen molar-refractivity contribution < 1.29 is 14.3 Å². The average Bonchev–Trinajstić information content (AvgIpc) is 2.53. The fourth-order valence-electron chi connectivity index (χ4n) is 3.02. The molecule has 0 aliphatic carbocycles. The van der Waals surface area contributed by atoms with Crippen LogP contribution in [0.15, 0.2) is 24.3 Å². The van der Waals surface area contributed by atoms with E-state index in [-0.39, 0.29) is 29.9 Å². The van der Waals surface area contributed by atoms with E-state index in [4.69, 9.17) is 4.74 Å². The van der Waals surface area contributed by atoms with E-state index in [1.165, 1.54) is 0 Å². The Morgan fingerprint density at radius 3 is 2.72 bits per heavy atom. The number of methoxy groups -OCH3 is 1. The summed E-state index contributed by atoms with van der Waals surface area (Å²) in [6, 6.07) is 7.00. The monoisotopic (exact) mass is 347 g/mol. The lowest BCUT2D eigenvalue weighted by Gasteiger charge is -2.35. The predicted molar refractivity (Wildman–Crippen MR) is 98.7 cm³/mol. The van der Waals surface area contributed by atoms with Crippen LogP contribution in [0.25, 0.3) is 0 Å². The summed E-state index contributed by atoms with van der Waals surface area (Å²) in [5.74, 6) is 0.572. The third kappa shape index (κ3) is 6.05. The standard InChI is InChI=1S/C19H29N3O3/c1-19(2,3)21-18(24)16-10-5-6-11-22(16)13-17(23)20-14-8-7-9-15(12-14)25-4/h7-9,12,16H,5-6,10-11,13H2,1-4H3,(H,20,23)(H,21,24)/t16-/m0/s1. The van der Waals surface area contributed by atoms with Crippen LogP contribution in [-0.2, 0) is 9.59 Å². The van der Waals surface area contributed by atoms with Crippen molar-refractivity contribution in [2.24, 2.45) is 0 Å². The van der Waals surface area contributed by atoms with Crippen molar-refractivity contribution in [3.8, 4) is 5.75 Å². The second-order valence-electron chi connectivity index (χ2n) is 7.50. The Morgan fingerprint density at radius 2 is 2.04 bits per heavy atom. The maximum absolute atomic E-state index is 12.5. The lowest BCUT2D eigenvalue weighted by Crippen LogP contribution is -2.55. The van der Waals surface area contributed by atoms with Gasteiger partial charge in [-0.3, -0.25) is 14.5 Å². The molecule has 138 valence electrons. The molecular weight excluding hydrogens is 318 g/mol. The van der Waals surface area contributed by atoms with Gasteiger partial charge < -0.3 is 15.4 Å². The quantitative estimate of drug-likeness (QED) is 0.858. The molecule has 1 saturated heterocycles. The number of hydrogen-bond donors (Lipinski definition) is 2. The fraction of sp³-hybridized carbons (Fsp3) is 0.579. The van der Waals surface area contributed by atoms with Crippen LogP contribution >= 0.6 is 0 Å². The fourth-order valence-corrected chi connectivity index (χ4v) is 3.02. The zero-order valence-electron chi connectivity index (χ0n) is 15.6. The highest BCUT2D eigenvalue weighted by Crippen LogP contribution is 2.19. The Balaban J connectivity index is 1.97. The summed E-state index contributed by atoms with van der Waals surface area (Å²) in [6.07, 6.45) is 2.80. The number of amides is 2. The number of piperidine rings is 1. The topological polar surface area (TPSA) is 70.7 Å². The molecule has 0 spiro atoms. The van der Waals surface area contributed by atoms with E-state index in [2.05, 4.69) is 10.6 Å². The van der Waals surface area contributed by atoms with Crippen molar-refractivity contribution in [2.45, 2.75) is 51.6 Å². The summed E-state index contributed by atoms with van der Waals surface area (Å²) in [7, 11) is 1.59. The highest BCUT2D eigenvalue weighted by Gasteiger charge is 2.31. The largest absolute Gasteiger partial charge is 0.497 e. The lowest BCUT2D eigenvalue weighted by molar-refractivity contribution is -0.130. The second kappa shape index (κ2) is 8.34. The molecular formula is C19H29N3O3. The number of hydrogen-bond acceptors (Lipinski definition) is 4. The van der Waals surface area contributed by atoms with E-state index in [0.29, 0.717) is 11.4 Å². The first kappa shape index (κ1) is 19.2. The average molecular weight is 347 g/mol. The Hall–Kier alpha value is -2.08. The minimum atomic E-state index is -0.275. The van der Waals surface area contributed by atoms with Crippen LogP contribution in [0.1, 0.15) is 40.0 Å². The highest BCUT2D eigenvalue weighted by atomic mass is 16.5. The molecule has 1 aliphatic rings. The molecule has 1 aromatic rings. The first-order chi connectivity index (χ1) is 11.8. The van der Waals surface area contributed by atoms with Crippen molar-refractivity contribution in [3.63, 3.8) is 0 Å². The summed E-state index contributed by atoms with van der Waals surface area (Å²) in [4.78, 5) is 26.9. The van der Waals surface area contributed by atoms with Crippen LogP contribution in [0.4, 0.5) is 5.69 Å². The number of carbonyl (C=O) groups is 2. The smallest absolute Gasteiger partial charge is 0.238 e. The van der Waals surface area contributed by atoms with Gasteiger partial charge in [0.15, 0.2) is 0 Å². The molecule has 0 aromatic heterocycles. The van der Waals surface area contributed by atoms with Gasteiger partial charge in [0, 0.05) is 17.3 Å². The molecule has 0 bridgehead atoms. The molecule has 1 aliphatic heterocycles.